The van der Waals surface area contributed by atoms with E-state index in [2.05, 4.69) is 45.3 Å². The quantitative estimate of drug-likeness (QED) is 0.839. The van der Waals surface area contributed by atoms with Gasteiger partial charge in [0.2, 0.25) is 0 Å². The second kappa shape index (κ2) is 7.26. The zero-order valence-corrected chi connectivity index (χ0v) is 15.4. The van der Waals surface area contributed by atoms with Crippen LogP contribution in [0.15, 0.2) is 36.9 Å². The van der Waals surface area contributed by atoms with Crippen LogP contribution in [-0.2, 0) is 20.1 Å². The Hall–Kier alpha value is -1.72. The summed E-state index contributed by atoms with van der Waals surface area (Å²) in [5, 5.41) is 4.32. The van der Waals surface area contributed by atoms with Gasteiger partial charge in [-0.1, -0.05) is 6.42 Å². The SMILES string of the molecule is CN(Cc1ccncc1)[C@@H]1CCC[C@@H]2CN(Cc3cnn(C)c3)C[C@@H]21. The van der Waals surface area contributed by atoms with Crippen LogP contribution in [-0.4, -0.2) is 50.7 Å². The lowest BCUT2D eigenvalue weighted by Gasteiger charge is -2.39. The highest BCUT2D eigenvalue weighted by Gasteiger charge is 2.41. The highest BCUT2D eigenvalue weighted by molar-refractivity contribution is 5.10. The van der Waals surface area contributed by atoms with Crippen molar-refractivity contribution in [1.82, 2.24) is 24.6 Å². The summed E-state index contributed by atoms with van der Waals surface area (Å²) >= 11 is 0. The second-order valence-electron chi connectivity index (χ2n) is 7.91. The van der Waals surface area contributed by atoms with Crippen molar-refractivity contribution < 1.29 is 0 Å². The molecule has 4 rings (SSSR count). The first-order valence-corrected chi connectivity index (χ1v) is 9.48. The van der Waals surface area contributed by atoms with Gasteiger partial charge >= 0.3 is 0 Å². The lowest BCUT2D eigenvalue weighted by Crippen LogP contribution is -2.43. The standard InChI is InChI=1S/C20H29N5/c1-23(11-16-6-8-21-9-7-16)20-5-3-4-18-14-25(15-19(18)20)13-17-10-22-24(2)12-17/h6-10,12,18-20H,3-5,11,13-15H2,1-2H3/t18-,19+,20-/m1/s1. The van der Waals surface area contributed by atoms with Crippen LogP contribution in [0.5, 0.6) is 0 Å². The van der Waals surface area contributed by atoms with E-state index in [0.29, 0.717) is 6.04 Å². The van der Waals surface area contributed by atoms with E-state index in [-0.39, 0.29) is 0 Å². The van der Waals surface area contributed by atoms with Crippen molar-refractivity contribution in [3.05, 3.63) is 48.0 Å². The molecular formula is C20H29N5. The summed E-state index contributed by atoms with van der Waals surface area (Å²) in [6, 6.07) is 4.98. The molecule has 1 saturated carbocycles. The van der Waals surface area contributed by atoms with E-state index in [1.54, 1.807) is 0 Å². The fourth-order valence-electron chi connectivity index (χ4n) is 4.91. The minimum Gasteiger partial charge on any atom is -0.299 e. The predicted molar refractivity (Wildman–Crippen MR) is 98.8 cm³/mol. The molecule has 0 radical (unpaired) electrons. The Morgan fingerprint density at radius 1 is 1.16 bits per heavy atom. The van der Waals surface area contributed by atoms with E-state index in [1.807, 2.05) is 30.3 Å². The van der Waals surface area contributed by atoms with E-state index >= 15 is 0 Å². The molecule has 25 heavy (non-hydrogen) atoms. The van der Waals surface area contributed by atoms with Crippen molar-refractivity contribution in [3.8, 4) is 0 Å². The maximum atomic E-state index is 4.32. The molecule has 0 aromatic carbocycles. The number of likely N-dealkylation sites (tertiary alicyclic amines) is 1. The van der Waals surface area contributed by atoms with Gasteiger partial charge in [-0.05, 0) is 49.4 Å². The van der Waals surface area contributed by atoms with E-state index in [4.69, 9.17) is 0 Å². The predicted octanol–water partition coefficient (Wildman–Crippen LogP) is 2.55. The van der Waals surface area contributed by atoms with Gasteiger partial charge in [-0.3, -0.25) is 19.5 Å². The van der Waals surface area contributed by atoms with Gasteiger partial charge in [0.05, 0.1) is 6.20 Å². The van der Waals surface area contributed by atoms with Crippen molar-refractivity contribution >= 4 is 0 Å². The molecule has 0 unspecified atom stereocenters. The van der Waals surface area contributed by atoms with Crippen LogP contribution in [0.1, 0.15) is 30.4 Å². The van der Waals surface area contributed by atoms with Gasteiger partial charge in [-0.2, -0.15) is 5.10 Å². The maximum Gasteiger partial charge on any atom is 0.0534 e. The Kier molecular flexibility index (Phi) is 4.86. The zero-order valence-electron chi connectivity index (χ0n) is 15.4. The van der Waals surface area contributed by atoms with Gasteiger partial charge < -0.3 is 0 Å². The number of nitrogens with zero attached hydrogens (tertiary/aromatic N) is 5. The van der Waals surface area contributed by atoms with Crippen molar-refractivity contribution in [2.75, 3.05) is 20.1 Å². The number of hydrogen-bond donors (Lipinski definition) is 0. The molecule has 1 aliphatic heterocycles. The zero-order chi connectivity index (χ0) is 17.2. The van der Waals surface area contributed by atoms with Crippen LogP contribution in [0.25, 0.3) is 0 Å². The Morgan fingerprint density at radius 2 is 2.00 bits per heavy atom. The van der Waals surface area contributed by atoms with Crippen molar-refractivity contribution in [2.45, 2.75) is 38.4 Å². The van der Waals surface area contributed by atoms with Crippen molar-refractivity contribution in [2.24, 2.45) is 18.9 Å². The molecule has 5 heteroatoms. The van der Waals surface area contributed by atoms with E-state index < -0.39 is 0 Å². The van der Waals surface area contributed by atoms with Crippen LogP contribution in [0.4, 0.5) is 0 Å². The summed E-state index contributed by atoms with van der Waals surface area (Å²) in [6.45, 7) is 4.55. The smallest absolute Gasteiger partial charge is 0.0534 e. The number of fused-ring (bicyclic) bond motifs is 1. The molecule has 2 fully saturated rings. The third-order valence-electron chi connectivity index (χ3n) is 6.05. The van der Waals surface area contributed by atoms with Crippen LogP contribution < -0.4 is 0 Å². The van der Waals surface area contributed by atoms with Gasteiger partial charge in [0.15, 0.2) is 0 Å². The lowest BCUT2D eigenvalue weighted by molar-refractivity contribution is 0.105. The summed E-state index contributed by atoms with van der Waals surface area (Å²) in [6.07, 6.45) is 12.1. The first-order valence-electron chi connectivity index (χ1n) is 9.48. The summed E-state index contributed by atoms with van der Waals surface area (Å²) in [5.74, 6) is 1.66. The molecule has 2 aromatic heterocycles. The fraction of sp³-hybridized carbons (Fsp3) is 0.600. The Morgan fingerprint density at radius 3 is 2.76 bits per heavy atom. The summed E-state index contributed by atoms with van der Waals surface area (Å²) in [7, 11) is 4.30. The molecule has 5 nitrogen and oxygen atoms in total. The van der Waals surface area contributed by atoms with E-state index in [0.717, 1.165) is 24.9 Å². The summed E-state index contributed by atoms with van der Waals surface area (Å²) in [4.78, 5) is 9.36. The summed E-state index contributed by atoms with van der Waals surface area (Å²) < 4.78 is 1.91. The molecule has 3 atom stereocenters. The van der Waals surface area contributed by atoms with Gasteiger partial charge in [0.25, 0.3) is 0 Å². The van der Waals surface area contributed by atoms with Crippen LogP contribution in [0.3, 0.4) is 0 Å². The Labute approximate surface area is 150 Å². The number of pyridine rings is 1. The highest BCUT2D eigenvalue weighted by Crippen LogP contribution is 2.39. The van der Waals surface area contributed by atoms with Crippen LogP contribution in [0, 0.1) is 11.8 Å². The third-order valence-corrected chi connectivity index (χ3v) is 6.05. The highest BCUT2D eigenvalue weighted by atomic mass is 15.2. The number of rotatable bonds is 5. The van der Waals surface area contributed by atoms with E-state index in [9.17, 15) is 0 Å². The first kappa shape index (κ1) is 16.7. The first-order chi connectivity index (χ1) is 12.2. The lowest BCUT2D eigenvalue weighted by atomic mass is 9.77. The fourth-order valence-corrected chi connectivity index (χ4v) is 4.91. The van der Waals surface area contributed by atoms with Gasteiger partial charge in [0.1, 0.15) is 0 Å². The molecule has 0 N–H and O–H groups in total. The van der Waals surface area contributed by atoms with Gasteiger partial charge in [0, 0.05) is 63.4 Å². The molecule has 2 aliphatic rings. The minimum absolute atomic E-state index is 0.700. The van der Waals surface area contributed by atoms with Crippen molar-refractivity contribution in [1.29, 1.82) is 0 Å². The van der Waals surface area contributed by atoms with Crippen LogP contribution in [0.2, 0.25) is 0 Å². The maximum absolute atomic E-state index is 4.32. The normalized spacial score (nSPS) is 26.9. The summed E-state index contributed by atoms with van der Waals surface area (Å²) in [5.41, 5.74) is 2.70. The molecule has 1 aliphatic carbocycles. The average molecular weight is 339 g/mol. The number of hydrogen-bond acceptors (Lipinski definition) is 4. The van der Waals surface area contributed by atoms with Gasteiger partial charge in [-0.15, -0.1) is 0 Å². The van der Waals surface area contributed by atoms with Crippen molar-refractivity contribution in [3.63, 3.8) is 0 Å². The minimum atomic E-state index is 0.700. The van der Waals surface area contributed by atoms with Gasteiger partial charge in [-0.25, -0.2) is 0 Å². The molecule has 1 saturated heterocycles. The molecule has 3 heterocycles. The second-order valence-corrected chi connectivity index (χ2v) is 7.91. The monoisotopic (exact) mass is 339 g/mol. The number of aryl methyl sites for hydroxylation is 1. The third kappa shape index (κ3) is 3.77. The molecule has 134 valence electrons. The topological polar surface area (TPSA) is 37.2 Å². The molecule has 0 amide bonds. The molecular weight excluding hydrogens is 310 g/mol. The van der Waals surface area contributed by atoms with E-state index in [1.165, 1.54) is 43.5 Å². The Balaban J connectivity index is 1.40. The average Bonchev–Trinajstić information content (AvgIpc) is 3.21. The molecule has 0 spiro atoms. The molecule has 0 bridgehead atoms. The number of aromatic nitrogens is 3. The largest absolute Gasteiger partial charge is 0.299 e. The molecule has 2 aromatic rings. The van der Waals surface area contributed by atoms with Crippen LogP contribution >= 0.6 is 0 Å². The Bertz CT molecular complexity index is 682.